The van der Waals surface area contributed by atoms with Crippen LogP contribution >= 0.6 is 0 Å². The molecule has 0 unspecified atom stereocenters. The lowest BCUT2D eigenvalue weighted by Gasteiger charge is -1.96. The van der Waals surface area contributed by atoms with E-state index in [9.17, 15) is 4.79 Å². The fourth-order valence-electron chi connectivity index (χ4n) is 1.57. The van der Waals surface area contributed by atoms with Gasteiger partial charge in [-0.1, -0.05) is 30.3 Å². The van der Waals surface area contributed by atoms with E-state index in [1.165, 1.54) is 0 Å². The van der Waals surface area contributed by atoms with Crippen LogP contribution in [0.25, 0.3) is 0 Å². The van der Waals surface area contributed by atoms with Crippen LogP contribution in [0.2, 0.25) is 0 Å². The van der Waals surface area contributed by atoms with Crippen LogP contribution in [0.15, 0.2) is 34.7 Å². The zero-order valence-corrected chi connectivity index (χ0v) is 10.1. The van der Waals surface area contributed by atoms with Gasteiger partial charge in [0.1, 0.15) is 0 Å². The number of hydrogen-bond acceptors (Lipinski definition) is 5. The number of nitrogens with zero attached hydrogens (tertiary/aromatic N) is 1. The largest absolute Gasteiger partial charge is 0.461 e. The summed E-state index contributed by atoms with van der Waals surface area (Å²) in [5, 5.41) is 0. The molecule has 0 bridgehead atoms. The average Bonchev–Trinajstić information content (AvgIpc) is 2.72. The van der Waals surface area contributed by atoms with Crippen LogP contribution in [0.4, 0.5) is 5.88 Å². The summed E-state index contributed by atoms with van der Waals surface area (Å²) in [6.07, 6.45) is 0.491. The zero-order chi connectivity index (χ0) is 13.0. The molecule has 0 aliphatic carbocycles. The number of nitrogen functional groups attached to an aromatic ring is 1. The Hall–Kier alpha value is -2.30. The van der Waals surface area contributed by atoms with Crippen molar-refractivity contribution in [3.63, 3.8) is 0 Å². The molecule has 1 aromatic heterocycles. The summed E-state index contributed by atoms with van der Waals surface area (Å²) in [7, 11) is 0. The van der Waals surface area contributed by atoms with Gasteiger partial charge in [0.25, 0.3) is 0 Å². The number of rotatable bonds is 4. The number of anilines is 1. The van der Waals surface area contributed by atoms with E-state index in [0.29, 0.717) is 12.3 Å². The van der Waals surface area contributed by atoms with Crippen molar-refractivity contribution < 1.29 is 13.9 Å². The first-order valence-corrected chi connectivity index (χ1v) is 5.67. The number of carbonyl (C=O) groups excluding carboxylic acids is 1. The molecule has 5 nitrogen and oxygen atoms in total. The molecule has 0 aliphatic heterocycles. The number of nitrogens with two attached hydrogens (primary N) is 1. The highest BCUT2D eigenvalue weighted by Gasteiger charge is 2.19. The lowest BCUT2D eigenvalue weighted by molar-refractivity contribution is 0.0521. The Balaban J connectivity index is 2.16. The Kier molecular flexibility index (Phi) is 3.62. The summed E-state index contributed by atoms with van der Waals surface area (Å²) in [6, 6.07) is 9.67. The minimum absolute atomic E-state index is 0.000573. The van der Waals surface area contributed by atoms with Crippen molar-refractivity contribution in [2.24, 2.45) is 0 Å². The number of esters is 1. The topological polar surface area (TPSA) is 78.3 Å². The second-order valence-corrected chi connectivity index (χ2v) is 3.70. The number of carbonyl (C=O) groups is 1. The highest BCUT2D eigenvalue weighted by Crippen LogP contribution is 2.17. The molecule has 0 radical (unpaired) electrons. The van der Waals surface area contributed by atoms with Crippen LogP contribution in [-0.4, -0.2) is 17.6 Å². The van der Waals surface area contributed by atoms with Crippen molar-refractivity contribution in [3.8, 4) is 0 Å². The monoisotopic (exact) mass is 246 g/mol. The third-order valence-corrected chi connectivity index (χ3v) is 2.36. The Morgan fingerprint density at radius 3 is 2.78 bits per heavy atom. The highest BCUT2D eigenvalue weighted by atomic mass is 16.5. The van der Waals surface area contributed by atoms with Gasteiger partial charge in [-0.15, -0.1) is 0 Å². The maximum atomic E-state index is 11.5. The van der Waals surface area contributed by atoms with Crippen LogP contribution in [0.1, 0.15) is 28.9 Å². The van der Waals surface area contributed by atoms with Gasteiger partial charge < -0.3 is 14.9 Å². The number of hydrogen-bond donors (Lipinski definition) is 1. The first-order chi connectivity index (χ1) is 8.70. The molecule has 1 aromatic carbocycles. The second-order valence-electron chi connectivity index (χ2n) is 3.70. The second kappa shape index (κ2) is 5.35. The molecule has 5 heteroatoms. The van der Waals surface area contributed by atoms with E-state index >= 15 is 0 Å². The van der Waals surface area contributed by atoms with E-state index in [0.717, 1.165) is 5.56 Å². The SMILES string of the molecule is CCOC(=O)c1nc(Cc2ccccc2)oc1N. The molecule has 2 aromatic rings. The Morgan fingerprint density at radius 2 is 2.11 bits per heavy atom. The van der Waals surface area contributed by atoms with Gasteiger partial charge in [0.05, 0.1) is 6.61 Å². The molecule has 0 atom stereocenters. The minimum atomic E-state index is -0.557. The van der Waals surface area contributed by atoms with Gasteiger partial charge >= 0.3 is 5.97 Å². The summed E-state index contributed by atoms with van der Waals surface area (Å²) in [5.74, 6) is -0.154. The lowest BCUT2D eigenvalue weighted by atomic mass is 10.1. The van der Waals surface area contributed by atoms with Crippen LogP contribution in [-0.2, 0) is 11.2 Å². The Bertz CT molecular complexity index is 534. The summed E-state index contributed by atoms with van der Waals surface area (Å²) < 4.78 is 10.1. The molecule has 0 saturated carbocycles. The average molecular weight is 246 g/mol. The van der Waals surface area contributed by atoms with Crippen molar-refractivity contribution in [2.45, 2.75) is 13.3 Å². The van der Waals surface area contributed by atoms with Crippen molar-refractivity contribution in [1.29, 1.82) is 0 Å². The molecule has 0 saturated heterocycles. The van der Waals surface area contributed by atoms with Crippen molar-refractivity contribution >= 4 is 11.9 Å². The van der Waals surface area contributed by atoms with Gasteiger partial charge in [-0.25, -0.2) is 9.78 Å². The van der Waals surface area contributed by atoms with E-state index < -0.39 is 5.97 Å². The molecule has 18 heavy (non-hydrogen) atoms. The van der Waals surface area contributed by atoms with E-state index in [4.69, 9.17) is 14.9 Å². The predicted octanol–water partition coefficient (Wildman–Crippen LogP) is 2.02. The molecule has 0 spiro atoms. The molecular formula is C13H14N2O3. The molecule has 1 heterocycles. The van der Waals surface area contributed by atoms with Gasteiger partial charge in [-0.3, -0.25) is 0 Å². The van der Waals surface area contributed by atoms with Crippen LogP contribution in [0.3, 0.4) is 0 Å². The molecule has 0 fully saturated rings. The number of aromatic nitrogens is 1. The van der Waals surface area contributed by atoms with Gasteiger partial charge in [0.2, 0.25) is 17.5 Å². The molecule has 0 aliphatic rings. The lowest BCUT2D eigenvalue weighted by Crippen LogP contribution is -2.07. The molecule has 94 valence electrons. The van der Waals surface area contributed by atoms with Gasteiger partial charge in [0.15, 0.2) is 0 Å². The summed E-state index contributed by atoms with van der Waals surface area (Å²) in [5.41, 5.74) is 6.68. The van der Waals surface area contributed by atoms with Crippen LogP contribution < -0.4 is 5.73 Å². The number of ether oxygens (including phenoxy) is 1. The maximum absolute atomic E-state index is 11.5. The normalized spacial score (nSPS) is 10.3. The standard InChI is InChI=1S/C13H14N2O3/c1-2-17-13(16)11-12(14)18-10(15-11)8-9-6-4-3-5-7-9/h3-7H,2,8,14H2,1H3. The molecule has 2 N–H and O–H groups in total. The van der Waals surface area contributed by atoms with Gasteiger partial charge in [0, 0.05) is 6.42 Å². The van der Waals surface area contributed by atoms with Crippen LogP contribution in [0.5, 0.6) is 0 Å². The van der Waals surface area contributed by atoms with Crippen LogP contribution in [0, 0.1) is 0 Å². The quantitative estimate of drug-likeness (QED) is 0.835. The van der Waals surface area contributed by atoms with Gasteiger partial charge in [-0.2, -0.15) is 0 Å². The van der Waals surface area contributed by atoms with Crippen molar-refractivity contribution in [1.82, 2.24) is 4.98 Å². The molecule has 0 amide bonds. The Labute approximate surface area is 105 Å². The highest BCUT2D eigenvalue weighted by molar-refractivity contribution is 5.91. The van der Waals surface area contributed by atoms with Crippen molar-refractivity contribution in [3.05, 3.63) is 47.5 Å². The maximum Gasteiger partial charge on any atom is 0.362 e. The summed E-state index contributed by atoms with van der Waals surface area (Å²) in [4.78, 5) is 15.6. The minimum Gasteiger partial charge on any atom is -0.461 e. The Morgan fingerprint density at radius 1 is 1.39 bits per heavy atom. The fraction of sp³-hybridized carbons (Fsp3) is 0.231. The number of oxazole rings is 1. The third kappa shape index (κ3) is 2.68. The fourth-order valence-corrected chi connectivity index (χ4v) is 1.57. The zero-order valence-electron chi connectivity index (χ0n) is 10.1. The smallest absolute Gasteiger partial charge is 0.362 e. The molecular weight excluding hydrogens is 232 g/mol. The van der Waals surface area contributed by atoms with E-state index in [2.05, 4.69) is 4.98 Å². The van der Waals surface area contributed by atoms with E-state index in [-0.39, 0.29) is 18.2 Å². The van der Waals surface area contributed by atoms with E-state index in [1.54, 1.807) is 6.92 Å². The van der Waals surface area contributed by atoms with E-state index in [1.807, 2.05) is 30.3 Å². The first kappa shape index (κ1) is 12.2. The summed E-state index contributed by atoms with van der Waals surface area (Å²) >= 11 is 0. The summed E-state index contributed by atoms with van der Waals surface area (Å²) in [6.45, 7) is 2.00. The molecule has 2 rings (SSSR count). The first-order valence-electron chi connectivity index (χ1n) is 5.67. The number of benzene rings is 1. The van der Waals surface area contributed by atoms with Crippen molar-refractivity contribution in [2.75, 3.05) is 12.3 Å². The predicted molar refractivity (Wildman–Crippen MR) is 66.1 cm³/mol. The van der Waals surface area contributed by atoms with Gasteiger partial charge in [-0.05, 0) is 12.5 Å². The third-order valence-electron chi connectivity index (χ3n) is 2.36.